The zero-order chi connectivity index (χ0) is 22.9. The molecule has 0 aliphatic heterocycles. The maximum absolute atomic E-state index is 5.35. The largest absolute Gasteiger partial charge is 0.497 e. The molecule has 3 nitrogen and oxygen atoms in total. The summed E-state index contributed by atoms with van der Waals surface area (Å²) in [5, 5.41) is 2.63. The van der Waals surface area contributed by atoms with Gasteiger partial charge in [-0.15, -0.1) is 0 Å². The second-order valence-corrected chi connectivity index (χ2v) is 9.89. The van der Waals surface area contributed by atoms with Gasteiger partial charge in [-0.1, -0.05) is 24.3 Å². The van der Waals surface area contributed by atoms with E-state index in [-0.39, 0.29) is 17.1 Å². The van der Waals surface area contributed by atoms with Crippen LogP contribution in [-0.2, 0) is 17.1 Å². The first-order valence-corrected chi connectivity index (χ1v) is 12.1. The SMILES string of the molecule is COc1ccc(P([C]2[CH][CH][CH][C]2[C@H](C)N(C)C)c2ccc(OC)cc2)cc1.[CH]1[CH][CH][CH][CH]1.[Fe]. The molecule has 2 saturated carbocycles. The molecule has 0 spiro atoms. The Balaban J connectivity index is 0.000000568. The normalized spacial score (nSPS) is 17.4. The molecule has 0 unspecified atom stereocenters. The van der Waals surface area contributed by atoms with E-state index in [1.165, 1.54) is 22.2 Å². The van der Waals surface area contributed by atoms with Crippen LogP contribution >= 0.6 is 7.92 Å². The molecule has 1 atom stereocenters. The van der Waals surface area contributed by atoms with Gasteiger partial charge in [-0.05, 0) is 115 Å². The molecule has 2 aromatic rings. The van der Waals surface area contributed by atoms with Gasteiger partial charge >= 0.3 is 0 Å². The first kappa shape index (κ1) is 28.2. The van der Waals surface area contributed by atoms with Crippen molar-refractivity contribution in [2.45, 2.75) is 13.0 Å². The van der Waals surface area contributed by atoms with Crippen LogP contribution in [0.3, 0.4) is 0 Å². The third-order valence-electron chi connectivity index (χ3n) is 5.51. The fourth-order valence-corrected chi connectivity index (χ4v) is 5.97. The summed E-state index contributed by atoms with van der Waals surface area (Å²) in [5.74, 6) is 3.15. The molecule has 5 heteroatoms. The van der Waals surface area contributed by atoms with Crippen molar-refractivity contribution >= 4 is 18.5 Å². The molecule has 2 aliphatic carbocycles. The van der Waals surface area contributed by atoms with E-state index in [0.29, 0.717) is 6.04 Å². The summed E-state index contributed by atoms with van der Waals surface area (Å²) in [7, 11) is 7.01. The smallest absolute Gasteiger partial charge is 0.118 e. The minimum Gasteiger partial charge on any atom is -0.497 e. The topological polar surface area (TPSA) is 21.7 Å². The minimum atomic E-state index is -0.660. The predicted molar refractivity (Wildman–Crippen MR) is 136 cm³/mol. The van der Waals surface area contributed by atoms with Gasteiger partial charge in [0.1, 0.15) is 11.5 Å². The molecular weight excluding hydrogens is 469 g/mol. The van der Waals surface area contributed by atoms with Gasteiger partial charge in [0.05, 0.1) is 14.2 Å². The molecule has 0 heterocycles. The van der Waals surface area contributed by atoms with E-state index in [9.17, 15) is 0 Å². The third kappa shape index (κ3) is 7.72. The van der Waals surface area contributed by atoms with E-state index in [0.717, 1.165) is 11.5 Å². The molecule has 174 valence electrons. The van der Waals surface area contributed by atoms with Gasteiger partial charge in [0.25, 0.3) is 0 Å². The fourth-order valence-electron chi connectivity index (χ4n) is 3.47. The average Bonchev–Trinajstić information content (AvgIpc) is 3.55. The van der Waals surface area contributed by atoms with Gasteiger partial charge in [-0.2, -0.15) is 0 Å². The van der Waals surface area contributed by atoms with Crippen LogP contribution in [0, 0.1) is 62.9 Å². The van der Waals surface area contributed by atoms with E-state index in [4.69, 9.17) is 9.47 Å². The quantitative estimate of drug-likeness (QED) is 0.401. The summed E-state index contributed by atoms with van der Waals surface area (Å²) in [4.78, 5) is 2.26. The Labute approximate surface area is 213 Å². The molecule has 0 bridgehead atoms. The summed E-state index contributed by atoms with van der Waals surface area (Å²) >= 11 is 0. The van der Waals surface area contributed by atoms with Gasteiger partial charge in [-0.25, -0.2) is 0 Å². The van der Waals surface area contributed by atoms with Crippen molar-refractivity contribution in [2.75, 3.05) is 28.3 Å². The van der Waals surface area contributed by atoms with Crippen molar-refractivity contribution in [1.29, 1.82) is 0 Å². The second-order valence-electron chi connectivity index (χ2n) is 7.70. The van der Waals surface area contributed by atoms with Gasteiger partial charge in [0.2, 0.25) is 0 Å². The maximum atomic E-state index is 5.35. The third-order valence-corrected chi connectivity index (χ3v) is 8.03. The fraction of sp³-hybridized carbons (Fsp3) is 0.214. The van der Waals surface area contributed by atoms with Crippen molar-refractivity contribution in [3.8, 4) is 11.5 Å². The van der Waals surface area contributed by atoms with Crippen molar-refractivity contribution in [3.05, 3.63) is 111 Å². The summed E-state index contributed by atoms with van der Waals surface area (Å²) in [5.41, 5.74) is 1.40. The molecule has 4 rings (SSSR count). The van der Waals surface area contributed by atoms with E-state index in [1.54, 1.807) is 14.2 Å². The molecule has 0 aromatic heterocycles. The molecule has 0 amide bonds. The van der Waals surface area contributed by atoms with Crippen LogP contribution in [0.15, 0.2) is 48.5 Å². The molecule has 2 fully saturated rings. The Kier molecular flexibility index (Phi) is 12.3. The van der Waals surface area contributed by atoms with Crippen LogP contribution in [0.1, 0.15) is 6.92 Å². The van der Waals surface area contributed by atoms with Crippen molar-refractivity contribution in [1.82, 2.24) is 4.90 Å². The molecule has 10 radical (unpaired) electrons. The summed E-state index contributed by atoms with van der Waals surface area (Å²) in [6.45, 7) is 2.26. The number of benzene rings is 2. The zero-order valence-electron chi connectivity index (χ0n) is 19.9. The minimum absolute atomic E-state index is 0. The molecule has 2 aliphatic rings. The Morgan fingerprint density at radius 3 is 1.45 bits per heavy atom. The van der Waals surface area contributed by atoms with Gasteiger partial charge in [-0.3, -0.25) is 0 Å². The van der Waals surface area contributed by atoms with E-state index in [2.05, 4.69) is 69.4 Å². The van der Waals surface area contributed by atoms with Crippen LogP contribution in [-0.4, -0.2) is 39.3 Å². The average molecular weight is 501 g/mol. The Bertz CT molecular complexity index is 737. The first-order chi connectivity index (χ1) is 15.5. The predicted octanol–water partition coefficient (Wildman–Crippen LogP) is 4.84. The van der Waals surface area contributed by atoms with Crippen LogP contribution < -0.4 is 20.1 Å². The molecule has 0 saturated heterocycles. The van der Waals surface area contributed by atoms with Gasteiger partial charge in [0.15, 0.2) is 0 Å². The zero-order valence-corrected chi connectivity index (χ0v) is 21.9. The Morgan fingerprint density at radius 2 is 1.09 bits per heavy atom. The van der Waals surface area contributed by atoms with Crippen LogP contribution in [0.5, 0.6) is 11.5 Å². The van der Waals surface area contributed by atoms with Gasteiger partial charge < -0.3 is 14.4 Å². The van der Waals surface area contributed by atoms with E-state index < -0.39 is 7.92 Å². The number of rotatable bonds is 7. The van der Waals surface area contributed by atoms with Crippen LogP contribution in [0.25, 0.3) is 0 Å². The molecule has 0 N–H and O–H groups in total. The van der Waals surface area contributed by atoms with Crippen LogP contribution in [0.4, 0.5) is 0 Å². The Morgan fingerprint density at radius 1 is 0.667 bits per heavy atom. The number of hydrogen-bond donors (Lipinski definition) is 0. The summed E-state index contributed by atoms with van der Waals surface area (Å²) in [6, 6.07) is 17.3. The molecule has 2 aromatic carbocycles. The van der Waals surface area contributed by atoms with Crippen molar-refractivity contribution in [3.63, 3.8) is 0 Å². The molecular formula is C28H32FeNO2P. The van der Waals surface area contributed by atoms with Crippen molar-refractivity contribution in [2.24, 2.45) is 0 Å². The summed E-state index contributed by atoms with van der Waals surface area (Å²) in [6.07, 6.45) is 16.7. The monoisotopic (exact) mass is 501 g/mol. The number of methoxy groups -OCH3 is 2. The maximum Gasteiger partial charge on any atom is 0.118 e. The van der Waals surface area contributed by atoms with Gasteiger partial charge in [0, 0.05) is 34.7 Å². The standard InChI is InChI=1S/C23H27NO2P.C5H5.Fe/c1-17(24(2)3)22-7-6-8-23(22)27(20-13-9-18(25-4)10-14-20)21-15-11-19(26-5)12-16-21;1-2-4-5-3-1;/h6-17H,1-5H3;1-5H;/t17-;;/m0../s1. The summed E-state index contributed by atoms with van der Waals surface area (Å²) < 4.78 is 10.7. The second kappa shape index (κ2) is 14.4. The number of hydrogen-bond acceptors (Lipinski definition) is 3. The van der Waals surface area contributed by atoms with E-state index >= 15 is 0 Å². The number of nitrogens with zero attached hydrogens (tertiary/aromatic N) is 1. The van der Waals surface area contributed by atoms with Crippen LogP contribution in [0.2, 0.25) is 0 Å². The Hall–Kier alpha value is -1.05. The first-order valence-electron chi connectivity index (χ1n) is 10.7. The number of ether oxygens (including phenoxy) is 2. The van der Waals surface area contributed by atoms with E-state index in [1.807, 2.05) is 56.4 Å². The molecule has 33 heavy (non-hydrogen) atoms. The van der Waals surface area contributed by atoms with Crippen molar-refractivity contribution < 1.29 is 26.5 Å².